The number of benzene rings is 1. The summed E-state index contributed by atoms with van der Waals surface area (Å²) < 4.78 is 0. The second kappa shape index (κ2) is 2.79. The monoisotopic (exact) mass is 161 g/mol. The highest BCUT2D eigenvalue weighted by molar-refractivity contribution is 7.52. The summed E-state index contributed by atoms with van der Waals surface area (Å²) in [6, 6.07) is 8.60. The van der Waals surface area contributed by atoms with E-state index in [-0.39, 0.29) is 0 Å². The molecule has 0 bridgehead atoms. The van der Waals surface area contributed by atoms with E-state index in [4.69, 9.17) is 0 Å². The Labute approximate surface area is 69.1 Å². The van der Waals surface area contributed by atoms with Crippen molar-refractivity contribution in [3.63, 3.8) is 0 Å². The summed E-state index contributed by atoms with van der Waals surface area (Å²) in [5, 5.41) is 3.00. The van der Waals surface area contributed by atoms with Crippen LogP contribution in [-0.4, -0.2) is 0 Å². The van der Waals surface area contributed by atoms with Crippen molar-refractivity contribution in [2.24, 2.45) is 0 Å². The van der Waals surface area contributed by atoms with Gasteiger partial charge >= 0.3 is 0 Å². The highest BCUT2D eigenvalue weighted by Crippen LogP contribution is 2.34. The molecule has 1 aromatic rings. The summed E-state index contributed by atoms with van der Waals surface area (Å²) in [4.78, 5) is 0. The second-order valence-electron chi connectivity index (χ2n) is 2.66. The first kappa shape index (κ1) is 7.06. The zero-order chi connectivity index (χ0) is 7.68. The molecule has 0 amide bonds. The molecule has 0 aliphatic carbocycles. The molecule has 1 heterocycles. The largest absolute Gasteiger partial charge is 0.0616 e. The van der Waals surface area contributed by atoms with E-state index in [1.807, 2.05) is 0 Å². The summed E-state index contributed by atoms with van der Waals surface area (Å²) in [7, 11) is 1.41. The van der Waals surface area contributed by atoms with Gasteiger partial charge in [0.15, 0.2) is 0 Å². The van der Waals surface area contributed by atoms with E-state index in [0.717, 1.165) is 0 Å². The molecule has 0 N–H and O–H groups in total. The fraction of sp³-hybridized carbons (Fsp3) is 0.200. The number of hydrogen-bond acceptors (Lipinski definition) is 0. The smallest absolute Gasteiger partial charge is 0.00769 e. The van der Waals surface area contributed by atoms with Crippen LogP contribution in [0, 0.1) is 0 Å². The third-order valence-corrected chi connectivity index (χ3v) is 3.27. The number of allylic oxidation sites excluding steroid dienone is 1. The Morgan fingerprint density at radius 2 is 2.09 bits per heavy atom. The highest BCUT2D eigenvalue weighted by atomic mass is 31.1. The topological polar surface area (TPSA) is 0 Å². The van der Waals surface area contributed by atoms with E-state index in [0.29, 0.717) is 0 Å². The van der Waals surface area contributed by atoms with Crippen molar-refractivity contribution in [2.75, 3.05) is 0 Å². The maximum absolute atomic E-state index is 2.30. The lowest BCUT2D eigenvalue weighted by atomic mass is 10.2. The van der Waals surface area contributed by atoms with Crippen molar-refractivity contribution in [2.45, 2.75) is 13.3 Å². The maximum Gasteiger partial charge on any atom is -0.00769 e. The van der Waals surface area contributed by atoms with Gasteiger partial charge in [0, 0.05) is 0 Å². The van der Waals surface area contributed by atoms with E-state index >= 15 is 0 Å². The predicted molar refractivity (Wildman–Crippen MR) is 51.3 cm³/mol. The quantitative estimate of drug-likeness (QED) is 0.555. The highest BCUT2D eigenvalue weighted by Gasteiger charge is 2.09. The standard InChI is InChI=1S/C10H10P/c1-2-9-7-8-5-3-4-6-10(8)11-9/h3-7H,2H2,1H3. The Kier molecular flexibility index (Phi) is 1.79. The molecule has 2 rings (SSSR count). The molecule has 0 saturated carbocycles. The van der Waals surface area contributed by atoms with Crippen LogP contribution in [-0.2, 0) is 0 Å². The average Bonchev–Trinajstić information content (AvgIpc) is 2.46. The number of hydrogen-bond donors (Lipinski definition) is 0. The van der Waals surface area contributed by atoms with Gasteiger partial charge in [-0.05, 0) is 37.3 Å². The van der Waals surface area contributed by atoms with Crippen LogP contribution in [0.3, 0.4) is 0 Å². The van der Waals surface area contributed by atoms with Crippen LogP contribution >= 0.6 is 8.58 Å². The van der Waals surface area contributed by atoms with E-state index in [1.54, 1.807) is 0 Å². The Hall–Kier alpha value is -0.610. The zero-order valence-corrected chi connectivity index (χ0v) is 7.44. The predicted octanol–water partition coefficient (Wildman–Crippen LogP) is 3.02. The molecule has 0 fully saturated rings. The van der Waals surface area contributed by atoms with Crippen LogP contribution < -0.4 is 5.30 Å². The first-order valence-corrected chi connectivity index (χ1v) is 4.81. The molecule has 55 valence electrons. The summed E-state index contributed by atoms with van der Waals surface area (Å²) in [6.07, 6.45) is 3.48. The van der Waals surface area contributed by atoms with Gasteiger partial charge in [0.25, 0.3) is 0 Å². The molecule has 0 atom stereocenters. The van der Waals surface area contributed by atoms with E-state index in [9.17, 15) is 0 Å². The van der Waals surface area contributed by atoms with Crippen LogP contribution in [0.15, 0.2) is 29.6 Å². The SMILES string of the molecule is CCC1=Cc2ccccc2[P]1. The Balaban J connectivity index is 2.39. The third kappa shape index (κ3) is 1.23. The molecule has 1 radical (unpaired) electrons. The molecule has 0 spiro atoms. The van der Waals surface area contributed by atoms with Gasteiger partial charge in [0.2, 0.25) is 0 Å². The third-order valence-electron chi connectivity index (χ3n) is 1.89. The van der Waals surface area contributed by atoms with Crippen LogP contribution in [0.4, 0.5) is 0 Å². The number of rotatable bonds is 1. The molecule has 0 unspecified atom stereocenters. The van der Waals surface area contributed by atoms with E-state index in [1.165, 1.54) is 31.2 Å². The molecule has 0 saturated heterocycles. The Morgan fingerprint density at radius 3 is 2.82 bits per heavy atom. The van der Waals surface area contributed by atoms with Gasteiger partial charge in [-0.3, -0.25) is 0 Å². The fourth-order valence-electron chi connectivity index (χ4n) is 1.26. The van der Waals surface area contributed by atoms with Crippen LogP contribution in [0.2, 0.25) is 0 Å². The summed E-state index contributed by atoms with van der Waals surface area (Å²) in [5.74, 6) is 0. The summed E-state index contributed by atoms with van der Waals surface area (Å²) in [5.41, 5.74) is 1.41. The van der Waals surface area contributed by atoms with Crippen LogP contribution in [0.25, 0.3) is 6.08 Å². The molecular weight excluding hydrogens is 151 g/mol. The minimum absolute atomic E-state index is 1.18. The van der Waals surface area contributed by atoms with Crippen molar-refractivity contribution < 1.29 is 0 Å². The Morgan fingerprint density at radius 1 is 1.27 bits per heavy atom. The van der Waals surface area contributed by atoms with Gasteiger partial charge in [0.1, 0.15) is 0 Å². The van der Waals surface area contributed by atoms with Gasteiger partial charge in [-0.1, -0.05) is 31.2 Å². The lowest BCUT2D eigenvalue weighted by Crippen LogP contribution is -1.92. The van der Waals surface area contributed by atoms with Gasteiger partial charge in [0.05, 0.1) is 0 Å². The van der Waals surface area contributed by atoms with Gasteiger partial charge in [-0.25, -0.2) is 0 Å². The molecular formula is C10H10P. The van der Waals surface area contributed by atoms with Crippen LogP contribution in [0.1, 0.15) is 18.9 Å². The molecule has 1 aliphatic heterocycles. The number of fused-ring (bicyclic) bond motifs is 1. The summed E-state index contributed by atoms with van der Waals surface area (Å²) >= 11 is 0. The minimum atomic E-state index is 1.18. The van der Waals surface area contributed by atoms with Crippen molar-refractivity contribution in [1.29, 1.82) is 0 Å². The lowest BCUT2D eigenvalue weighted by Gasteiger charge is -1.94. The van der Waals surface area contributed by atoms with Crippen molar-refractivity contribution in [3.8, 4) is 0 Å². The van der Waals surface area contributed by atoms with E-state index < -0.39 is 0 Å². The molecule has 11 heavy (non-hydrogen) atoms. The normalized spacial score (nSPS) is 16.6. The van der Waals surface area contributed by atoms with Gasteiger partial charge in [-0.15, -0.1) is 0 Å². The first-order valence-electron chi connectivity index (χ1n) is 3.91. The molecule has 1 aliphatic rings. The molecule has 0 aromatic heterocycles. The Bertz CT molecular complexity index is 299. The maximum atomic E-state index is 2.30. The van der Waals surface area contributed by atoms with E-state index in [2.05, 4.69) is 37.3 Å². The second-order valence-corrected chi connectivity index (χ2v) is 3.94. The zero-order valence-electron chi connectivity index (χ0n) is 6.54. The first-order chi connectivity index (χ1) is 5.40. The fourth-order valence-corrected chi connectivity index (χ4v) is 2.36. The van der Waals surface area contributed by atoms with Gasteiger partial charge < -0.3 is 0 Å². The molecule has 0 nitrogen and oxygen atoms in total. The van der Waals surface area contributed by atoms with Crippen LogP contribution in [0.5, 0.6) is 0 Å². The van der Waals surface area contributed by atoms with Crippen molar-refractivity contribution in [1.82, 2.24) is 0 Å². The van der Waals surface area contributed by atoms with Crippen molar-refractivity contribution >= 4 is 20.0 Å². The average molecular weight is 161 g/mol. The minimum Gasteiger partial charge on any atom is -0.0616 e. The lowest BCUT2D eigenvalue weighted by molar-refractivity contribution is 1.21. The molecule has 1 heteroatoms. The van der Waals surface area contributed by atoms with Crippen molar-refractivity contribution in [3.05, 3.63) is 35.1 Å². The summed E-state index contributed by atoms with van der Waals surface area (Å²) in [6.45, 7) is 2.21. The van der Waals surface area contributed by atoms with Gasteiger partial charge in [-0.2, -0.15) is 0 Å². The molecule has 1 aromatic carbocycles.